The lowest BCUT2D eigenvalue weighted by Gasteiger charge is -2.24. The summed E-state index contributed by atoms with van der Waals surface area (Å²) < 4.78 is 10.8. The minimum Gasteiger partial charge on any atom is -0.460 e. The van der Waals surface area contributed by atoms with Crippen molar-refractivity contribution in [2.45, 2.75) is 206 Å². The average Bonchev–Trinajstić information content (AvgIpc) is 3.31. The Morgan fingerprint density at radius 1 is 0.583 bits per heavy atom. The number of likely N-dealkylation sites (tertiary alicyclic amines) is 1. The molecule has 1 aliphatic rings. The molecule has 1 N–H and O–H groups in total. The third-order valence-corrected chi connectivity index (χ3v) is 8.17. The molecule has 276 valence electrons. The Labute approximate surface area is 290 Å². The first-order valence-electron chi connectivity index (χ1n) is 18.7. The third kappa shape index (κ3) is 22.0. The van der Waals surface area contributed by atoms with Gasteiger partial charge in [-0.1, -0.05) is 89.9 Å². The molecule has 0 bridgehead atoms. The highest BCUT2D eigenvalue weighted by Crippen LogP contribution is 2.18. The van der Waals surface area contributed by atoms with Crippen molar-refractivity contribution < 1.29 is 38.2 Å². The van der Waals surface area contributed by atoms with Gasteiger partial charge in [-0.2, -0.15) is 0 Å². The fraction of sp³-hybridized carbons (Fsp3) is 0.842. The quantitative estimate of drug-likeness (QED) is 0.0582. The van der Waals surface area contributed by atoms with Gasteiger partial charge in [-0.05, 0) is 67.2 Å². The second-order valence-electron chi connectivity index (χ2n) is 15.3. The zero-order valence-corrected chi connectivity index (χ0v) is 31.1. The molecule has 10 heteroatoms. The topological polar surface area (TPSA) is 136 Å². The zero-order chi connectivity index (χ0) is 36.0. The maximum absolute atomic E-state index is 12.8. The van der Waals surface area contributed by atoms with Gasteiger partial charge in [-0.25, -0.2) is 9.69 Å². The van der Waals surface area contributed by atoms with E-state index in [4.69, 9.17) is 9.47 Å². The van der Waals surface area contributed by atoms with Crippen LogP contribution < -0.4 is 5.32 Å². The Hall–Kier alpha value is -2.78. The predicted octanol–water partition coefficient (Wildman–Crippen LogP) is 8.02. The van der Waals surface area contributed by atoms with Crippen LogP contribution in [0.1, 0.15) is 189 Å². The van der Waals surface area contributed by atoms with E-state index in [9.17, 15) is 28.8 Å². The van der Waals surface area contributed by atoms with Gasteiger partial charge in [0.1, 0.15) is 17.2 Å². The number of unbranched alkanes of at least 4 members (excludes halogenated alkanes) is 15. The second kappa shape index (κ2) is 23.6. The lowest BCUT2D eigenvalue weighted by molar-refractivity contribution is -0.159. The first-order valence-corrected chi connectivity index (χ1v) is 18.7. The van der Waals surface area contributed by atoms with Gasteiger partial charge in [-0.15, -0.1) is 0 Å². The highest BCUT2D eigenvalue weighted by molar-refractivity contribution is 6.15. The molecule has 10 nitrogen and oxygen atoms in total. The number of ether oxygens (including phenoxy) is 2. The van der Waals surface area contributed by atoms with Crippen LogP contribution in [0.2, 0.25) is 0 Å². The smallest absolute Gasteiger partial charge is 0.329 e. The van der Waals surface area contributed by atoms with Crippen LogP contribution in [0.3, 0.4) is 0 Å². The summed E-state index contributed by atoms with van der Waals surface area (Å²) in [5.41, 5.74) is -1.12. The minimum absolute atomic E-state index is 0.0470. The van der Waals surface area contributed by atoms with Gasteiger partial charge >= 0.3 is 11.9 Å². The molecule has 1 fully saturated rings. The van der Waals surface area contributed by atoms with Gasteiger partial charge in [0.05, 0.1) is 0 Å². The van der Waals surface area contributed by atoms with Crippen molar-refractivity contribution >= 4 is 35.6 Å². The summed E-state index contributed by atoms with van der Waals surface area (Å²) in [6.45, 7) is 11.0. The summed E-state index contributed by atoms with van der Waals surface area (Å²) in [7, 11) is 0. The van der Waals surface area contributed by atoms with Gasteiger partial charge in [0.25, 0.3) is 0 Å². The van der Waals surface area contributed by atoms with E-state index in [0.717, 1.165) is 38.5 Å². The van der Waals surface area contributed by atoms with E-state index >= 15 is 0 Å². The van der Waals surface area contributed by atoms with E-state index in [1.54, 1.807) is 20.8 Å². The molecule has 0 aromatic carbocycles. The molecule has 1 rings (SSSR count). The number of amides is 4. The summed E-state index contributed by atoms with van der Waals surface area (Å²) in [6.07, 6.45) is 19.9. The molecule has 0 aromatic rings. The van der Waals surface area contributed by atoms with E-state index in [-0.39, 0.29) is 44.0 Å². The second-order valence-corrected chi connectivity index (χ2v) is 15.3. The number of carbonyl (C=O) groups is 6. The van der Waals surface area contributed by atoms with Crippen molar-refractivity contribution in [2.24, 2.45) is 0 Å². The molecule has 0 radical (unpaired) electrons. The first-order chi connectivity index (χ1) is 22.6. The van der Waals surface area contributed by atoms with Crippen molar-refractivity contribution in [1.82, 2.24) is 10.2 Å². The summed E-state index contributed by atoms with van der Waals surface area (Å²) in [4.78, 5) is 73.8. The van der Waals surface area contributed by atoms with Crippen LogP contribution in [0.15, 0.2) is 0 Å². The fourth-order valence-electron chi connectivity index (χ4n) is 5.73. The van der Waals surface area contributed by atoms with Gasteiger partial charge in [-0.3, -0.25) is 24.0 Å². The summed E-state index contributed by atoms with van der Waals surface area (Å²) in [5, 5.41) is 2.78. The molecule has 0 aliphatic carbocycles. The Morgan fingerprint density at radius 3 is 1.40 bits per heavy atom. The molecule has 0 spiro atoms. The Morgan fingerprint density at radius 2 is 0.979 bits per heavy atom. The van der Waals surface area contributed by atoms with E-state index in [0.29, 0.717) is 17.7 Å². The Kier molecular flexibility index (Phi) is 21.2. The minimum atomic E-state index is -0.892. The molecule has 0 aromatic heterocycles. The number of esters is 2. The number of nitrogens with one attached hydrogen (secondary N) is 1. The number of carbonyl (C=O) groups excluding carboxylic acids is 6. The average molecular weight is 679 g/mol. The van der Waals surface area contributed by atoms with Crippen molar-refractivity contribution in [3.63, 3.8) is 0 Å². The number of nitrogens with zero attached hydrogens (tertiary/aromatic N) is 1. The first kappa shape index (κ1) is 43.2. The number of hydrogen-bond donors (Lipinski definition) is 1. The van der Waals surface area contributed by atoms with E-state index < -0.39 is 40.9 Å². The van der Waals surface area contributed by atoms with Gasteiger partial charge in [0, 0.05) is 32.1 Å². The van der Waals surface area contributed by atoms with Crippen LogP contribution in [-0.2, 0) is 38.2 Å². The summed E-state index contributed by atoms with van der Waals surface area (Å²) >= 11 is 0. The van der Waals surface area contributed by atoms with E-state index in [2.05, 4.69) is 5.32 Å². The normalized spacial score (nSPS) is 14.2. The van der Waals surface area contributed by atoms with Crippen molar-refractivity contribution in [2.75, 3.05) is 0 Å². The van der Waals surface area contributed by atoms with Crippen molar-refractivity contribution in [1.29, 1.82) is 0 Å². The van der Waals surface area contributed by atoms with E-state index in [1.165, 1.54) is 64.2 Å². The van der Waals surface area contributed by atoms with Crippen molar-refractivity contribution in [3.8, 4) is 0 Å². The molecule has 4 amide bonds. The molecule has 48 heavy (non-hydrogen) atoms. The summed E-state index contributed by atoms with van der Waals surface area (Å²) in [5.74, 6) is -2.40. The molecule has 1 aliphatic heterocycles. The summed E-state index contributed by atoms with van der Waals surface area (Å²) in [6, 6.07) is -0.892. The zero-order valence-electron chi connectivity index (χ0n) is 31.1. The molecule has 0 saturated carbocycles. The highest BCUT2D eigenvalue weighted by Gasteiger charge is 2.34. The van der Waals surface area contributed by atoms with Gasteiger partial charge in [0.2, 0.25) is 23.6 Å². The number of hydrogen-bond acceptors (Lipinski definition) is 8. The Balaban J connectivity index is 2.08. The fourth-order valence-corrected chi connectivity index (χ4v) is 5.73. The Bertz CT molecular complexity index is 995. The molecule has 0 unspecified atom stereocenters. The third-order valence-electron chi connectivity index (χ3n) is 8.17. The number of rotatable bonds is 25. The molecule has 1 atom stereocenters. The van der Waals surface area contributed by atoms with Crippen LogP contribution in [0, 0.1) is 0 Å². The van der Waals surface area contributed by atoms with Crippen LogP contribution >= 0.6 is 0 Å². The van der Waals surface area contributed by atoms with Crippen LogP contribution in [0.5, 0.6) is 0 Å². The monoisotopic (exact) mass is 678 g/mol. The van der Waals surface area contributed by atoms with E-state index in [1.807, 2.05) is 20.8 Å². The maximum atomic E-state index is 12.8. The SMILES string of the molecule is CC(C)(C)OC(=O)CCCCCCCCCCCCCCCCCCC(=O)N[C@@H](CCCC(=O)N1C(=O)CCC1=O)C(=O)OC(C)(C)C. The van der Waals surface area contributed by atoms with Crippen molar-refractivity contribution in [3.05, 3.63) is 0 Å². The predicted molar refractivity (Wildman–Crippen MR) is 187 cm³/mol. The lowest BCUT2D eigenvalue weighted by Crippen LogP contribution is -2.44. The van der Waals surface area contributed by atoms with Gasteiger partial charge < -0.3 is 14.8 Å². The molecule has 1 saturated heterocycles. The molecule has 1 heterocycles. The van der Waals surface area contributed by atoms with Crippen LogP contribution in [0.4, 0.5) is 0 Å². The van der Waals surface area contributed by atoms with Crippen LogP contribution in [0.25, 0.3) is 0 Å². The molecular weight excluding hydrogens is 612 g/mol. The highest BCUT2D eigenvalue weighted by atomic mass is 16.6. The number of imide groups is 3. The lowest BCUT2D eigenvalue weighted by atomic mass is 10.0. The largest absolute Gasteiger partial charge is 0.460 e. The van der Waals surface area contributed by atoms with Crippen LogP contribution in [-0.4, -0.2) is 57.7 Å². The van der Waals surface area contributed by atoms with Gasteiger partial charge in [0.15, 0.2) is 0 Å². The molecular formula is C38H66N2O8. The standard InChI is InChI=1S/C38H66N2O8/c1-37(2,3)47-35(45)27-22-20-18-16-14-12-10-8-7-9-11-13-15-17-19-21-25-31(41)39-30(36(46)48-38(4,5)6)24-23-26-32(42)40-33(43)28-29-34(40)44/h30H,7-29H2,1-6H3,(H,39,41)/t30-/m0/s1. The maximum Gasteiger partial charge on any atom is 0.329 e.